The topological polar surface area (TPSA) is 82.5 Å². The lowest BCUT2D eigenvalue weighted by Crippen LogP contribution is -2.19. The van der Waals surface area contributed by atoms with E-state index in [1.165, 1.54) is 5.56 Å². The number of hydrogen-bond acceptors (Lipinski definition) is 4. The Bertz CT molecular complexity index is 1180. The SMILES string of the molecule is Cl.O=C(NO)c1cc(-c2ccc(-c3ccc(CCCO)cc3)cc2)nc2ccccc12. The number of para-hydroxylation sites is 1. The Kier molecular flexibility index (Phi) is 7.36. The maximum atomic E-state index is 12.1. The molecule has 0 fully saturated rings. The van der Waals surface area contributed by atoms with Gasteiger partial charge in [-0.1, -0.05) is 66.7 Å². The zero-order chi connectivity index (χ0) is 20.9. The van der Waals surface area contributed by atoms with Gasteiger partial charge in [-0.25, -0.2) is 10.5 Å². The van der Waals surface area contributed by atoms with Crippen molar-refractivity contribution >= 4 is 29.2 Å². The zero-order valence-corrected chi connectivity index (χ0v) is 17.6. The van der Waals surface area contributed by atoms with Crippen LogP contribution in [0.2, 0.25) is 0 Å². The molecule has 3 aromatic carbocycles. The lowest BCUT2D eigenvalue weighted by atomic mass is 9.99. The van der Waals surface area contributed by atoms with Crippen LogP contribution in [0.4, 0.5) is 0 Å². The van der Waals surface area contributed by atoms with Crippen molar-refractivity contribution in [3.63, 3.8) is 0 Å². The number of amides is 1. The van der Waals surface area contributed by atoms with Crippen LogP contribution >= 0.6 is 12.4 Å². The number of hydrogen-bond donors (Lipinski definition) is 3. The molecular formula is C25H23ClN2O3. The smallest absolute Gasteiger partial charge is 0.275 e. The molecule has 6 heteroatoms. The minimum Gasteiger partial charge on any atom is -0.396 e. The van der Waals surface area contributed by atoms with E-state index in [4.69, 9.17) is 10.3 Å². The van der Waals surface area contributed by atoms with Gasteiger partial charge in [0, 0.05) is 17.6 Å². The number of halogens is 1. The van der Waals surface area contributed by atoms with Crippen LogP contribution in [0.25, 0.3) is 33.3 Å². The van der Waals surface area contributed by atoms with Gasteiger partial charge < -0.3 is 5.11 Å². The van der Waals surface area contributed by atoms with Crippen molar-refractivity contribution in [2.75, 3.05) is 6.61 Å². The summed E-state index contributed by atoms with van der Waals surface area (Å²) in [5.74, 6) is -0.562. The average molecular weight is 435 g/mol. The van der Waals surface area contributed by atoms with Gasteiger partial charge in [-0.3, -0.25) is 10.0 Å². The van der Waals surface area contributed by atoms with Gasteiger partial charge in [0.2, 0.25) is 0 Å². The van der Waals surface area contributed by atoms with Crippen LogP contribution in [0.15, 0.2) is 78.9 Å². The molecule has 5 nitrogen and oxygen atoms in total. The number of hydroxylamine groups is 1. The highest BCUT2D eigenvalue weighted by atomic mass is 35.5. The summed E-state index contributed by atoms with van der Waals surface area (Å²) in [4.78, 5) is 16.8. The van der Waals surface area contributed by atoms with Gasteiger partial charge in [-0.2, -0.15) is 0 Å². The number of rotatable bonds is 6. The summed E-state index contributed by atoms with van der Waals surface area (Å²) in [5, 5.41) is 18.8. The average Bonchev–Trinajstić information content (AvgIpc) is 2.82. The largest absolute Gasteiger partial charge is 0.396 e. The summed E-state index contributed by atoms with van der Waals surface area (Å²) < 4.78 is 0. The second-order valence-electron chi connectivity index (χ2n) is 7.11. The first-order valence-electron chi connectivity index (χ1n) is 9.84. The van der Waals surface area contributed by atoms with E-state index in [2.05, 4.69) is 29.2 Å². The van der Waals surface area contributed by atoms with E-state index in [0.717, 1.165) is 29.5 Å². The van der Waals surface area contributed by atoms with Gasteiger partial charge in [-0.15, -0.1) is 12.4 Å². The van der Waals surface area contributed by atoms with Gasteiger partial charge in [-0.05, 0) is 41.7 Å². The molecular weight excluding hydrogens is 412 g/mol. The third-order valence-electron chi connectivity index (χ3n) is 5.15. The molecule has 0 bridgehead atoms. The molecule has 1 aromatic heterocycles. The molecule has 0 unspecified atom stereocenters. The van der Waals surface area contributed by atoms with Crippen LogP contribution in [0.3, 0.4) is 0 Å². The number of carbonyl (C=O) groups is 1. The Balaban J connectivity index is 0.00000272. The van der Waals surface area contributed by atoms with Gasteiger partial charge in [0.1, 0.15) is 0 Å². The first-order valence-corrected chi connectivity index (χ1v) is 9.84. The lowest BCUT2D eigenvalue weighted by molar-refractivity contribution is 0.0708. The number of aliphatic hydroxyl groups excluding tert-OH is 1. The molecule has 0 aliphatic carbocycles. The first-order chi connectivity index (χ1) is 14.7. The number of benzene rings is 3. The second-order valence-corrected chi connectivity index (χ2v) is 7.11. The van der Waals surface area contributed by atoms with Crippen LogP contribution in [-0.4, -0.2) is 27.8 Å². The fraction of sp³-hybridized carbons (Fsp3) is 0.120. The number of nitrogens with one attached hydrogen (secondary N) is 1. The fourth-order valence-electron chi connectivity index (χ4n) is 3.55. The summed E-state index contributed by atoms with van der Waals surface area (Å²) in [6, 6.07) is 25.4. The molecule has 1 heterocycles. The molecule has 158 valence electrons. The highest BCUT2D eigenvalue weighted by Gasteiger charge is 2.13. The molecule has 31 heavy (non-hydrogen) atoms. The number of aromatic nitrogens is 1. The molecule has 1 amide bonds. The van der Waals surface area contributed by atoms with E-state index in [0.29, 0.717) is 22.2 Å². The molecule has 0 atom stereocenters. The second kappa shape index (κ2) is 10.2. The van der Waals surface area contributed by atoms with Crippen LogP contribution in [0, 0.1) is 0 Å². The maximum absolute atomic E-state index is 12.1. The third kappa shape index (κ3) is 4.91. The van der Waals surface area contributed by atoms with E-state index in [9.17, 15) is 4.79 Å². The fourth-order valence-corrected chi connectivity index (χ4v) is 3.55. The van der Waals surface area contributed by atoms with Crippen molar-refractivity contribution in [1.82, 2.24) is 10.5 Å². The van der Waals surface area contributed by atoms with Crippen molar-refractivity contribution in [1.29, 1.82) is 0 Å². The predicted molar refractivity (Wildman–Crippen MR) is 125 cm³/mol. The van der Waals surface area contributed by atoms with Crippen molar-refractivity contribution < 1.29 is 15.1 Å². The molecule has 4 rings (SSSR count). The number of pyridine rings is 1. The van der Waals surface area contributed by atoms with E-state index in [1.807, 2.05) is 48.5 Å². The van der Waals surface area contributed by atoms with Gasteiger partial charge in [0.05, 0.1) is 16.8 Å². The Morgan fingerprint density at radius 2 is 1.48 bits per heavy atom. The number of carbonyl (C=O) groups excluding carboxylic acids is 1. The van der Waals surface area contributed by atoms with E-state index >= 15 is 0 Å². The van der Waals surface area contributed by atoms with E-state index < -0.39 is 5.91 Å². The quantitative estimate of drug-likeness (QED) is 0.293. The number of nitrogens with zero attached hydrogens (tertiary/aromatic N) is 1. The zero-order valence-electron chi connectivity index (χ0n) is 16.8. The summed E-state index contributed by atoms with van der Waals surface area (Å²) in [6.45, 7) is 0.202. The van der Waals surface area contributed by atoms with Crippen molar-refractivity contribution in [2.24, 2.45) is 0 Å². The van der Waals surface area contributed by atoms with E-state index in [1.54, 1.807) is 11.5 Å². The molecule has 0 radical (unpaired) electrons. The molecule has 0 aliphatic rings. The van der Waals surface area contributed by atoms with Crippen LogP contribution in [0.5, 0.6) is 0 Å². The summed E-state index contributed by atoms with van der Waals surface area (Å²) in [5.41, 5.74) is 7.74. The van der Waals surface area contributed by atoms with Crippen molar-refractivity contribution in [3.05, 3.63) is 90.0 Å². The number of aryl methyl sites for hydroxylation is 1. The molecule has 0 saturated carbocycles. The highest BCUT2D eigenvalue weighted by molar-refractivity contribution is 6.06. The minimum atomic E-state index is -0.562. The van der Waals surface area contributed by atoms with Gasteiger partial charge in [0.15, 0.2) is 0 Å². The Hall–Kier alpha value is -3.25. The van der Waals surface area contributed by atoms with Crippen molar-refractivity contribution in [3.8, 4) is 22.4 Å². The van der Waals surface area contributed by atoms with Crippen LogP contribution in [0.1, 0.15) is 22.3 Å². The van der Waals surface area contributed by atoms with Crippen LogP contribution in [-0.2, 0) is 6.42 Å². The standard InChI is InChI=1S/C25H22N2O3.ClH/c28-15-3-4-17-7-9-18(10-8-17)19-11-13-20(14-12-19)24-16-22(25(29)27-30)21-5-1-2-6-23(21)26-24;/h1-2,5-14,16,28,30H,3-4,15H2,(H,27,29);1H. The van der Waals surface area contributed by atoms with Crippen LogP contribution < -0.4 is 5.48 Å². The highest BCUT2D eigenvalue weighted by Crippen LogP contribution is 2.27. The lowest BCUT2D eigenvalue weighted by Gasteiger charge is -2.10. The maximum Gasteiger partial charge on any atom is 0.275 e. The summed E-state index contributed by atoms with van der Waals surface area (Å²) in [6.07, 6.45) is 1.64. The Morgan fingerprint density at radius 3 is 2.13 bits per heavy atom. The molecule has 4 aromatic rings. The number of fused-ring (bicyclic) bond motifs is 1. The summed E-state index contributed by atoms with van der Waals surface area (Å²) >= 11 is 0. The number of aliphatic hydroxyl groups is 1. The van der Waals surface area contributed by atoms with Gasteiger partial charge >= 0.3 is 0 Å². The predicted octanol–water partition coefficient (Wildman–Crippen LogP) is 5.03. The molecule has 0 aliphatic heterocycles. The molecule has 0 saturated heterocycles. The van der Waals surface area contributed by atoms with Crippen molar-refractivity contribution in [2.45, 2.75) is 12.8 Å². The Morgan fingerprint density at radius 1 is 0.871 bits per heavy atom. The van der Waals surface area contributed by atoms with E-state index in [-0.39, 0.29) is 19.0 Å². The monoisotopic (exact) mass is 434 g/mol. The normalized spacial score (nSPS) is 10.5. The molecule has 0 spiro atoms. The Labute approximate surface area is 186 Å². The minimum absolute atomic E-state index is 0. The molecule has 3 N–H and O–H groups in total. The first kappa shape index (κ1) is 22.4. The third-order valence-corrected chi connectivity index (χ3v) is 5.15. The van der Waals surface area contributed by atoms with Gasteiger partial charge in [0.25, 0.3) is 5.91 Å². The summed E-state index contributed by atoms with van der Waals surface area (Å²) in [7, 11) is 0.